The van der Waals surface area contributed by atoms with Crippen LogP contribution in [0.1, 0.15) is 48.4 Å². The van der Waals surface area contributed by atoms with E-state index in [1.807, 2.05) is 0 Å². The van der Waals surface area contributed by atoms with Gasteiger partial charge in [-0.05, 0) is 26.7 Å². The zero-order valence-electron chi connectivity index (χ0n) is 13.0. The Morgan fingerprint density at radius 2 is 2.10 bits per heavy atom. The van der Waals surface area contributed by atoms with Gasteiger partial charge in [0.1, 0.15) is 0 Å². The van der Waals surface area contributed by atoms with Crippen LogP contribution in [0.15, 0.2) is 6.20 Å². The maximum atomic E-state index is 9.77. The largest absolute Gasteiger partial charge is 0.396 e. The molecule has 0 spiro atoms. The predicted octanol–water partition coefficient (Wildman–Crippen LogP) is 3.05. The van der Waals surface area contributed by atoms with E-state index < -0.39 is 0 Å². The third kappa shape index (κ3) is 3.00. The molecule has 0 bridgehead atoms. The number of fused-ring (bicyclic) bond motifs is 1. The molecule has 0 radical (unpaired) electrons. The highest BCUT2D eigenvalue weighted by Gasteiger charge is 2.30. The van der Waals surface area contributed by atoms with Crippen molar-refractivity contribution in [1.29, 1.82) is 0 Å². The molecule has 0 saturated heterocycles. The lowest BCUT2D eigenvalue weighted by molar-refractivity contribution is 0.0809. The number of hydrogen-bond acceptors (Lipinski definition) is 4. The van der Waals surface area contributed by atoms with Crippen molar-refractivity contribution >= 4 is 16.3 Å². The molecule has 0 atom stereocenters. The molecule has 0 unspecified atom stereocenters. The first-order valence-corrected chi connectivity index (χ1v) is 8.71. The Morgan fingerprint density at radius 3 is 2.81 bits per heavy atom. The summed E-state index contributed by atoms with van der Waals surface area (Å²) in [4.78, 5) is 7.00. The topological polar surface area (TPSA) is 49.6 Å². The SMILES string of the molecule is Cc1cn2c(CNCC3(CO)CCCCC3)c(C)nc2s1. The van der Waals surface area contributed by atoms with Crippen LogP contribution in [0, 0.1) is 19.3 Å². The molecule has 1 aliphatic carbocycles. The van der Waals surface area contributed by atoms with Gasteiger partial charge in [0.05, 0.1) is 11.4 Å². The lowest BCUT2D eigenvalue weighted by atomic mass is 9.74. The summed E-state index contributed by atoms with van der Waals surface area (Å²) in [5.41, 5.74) is 2.45. The van der Waals surface area contributed by atoms with E-state index >= 15 is 0 Å². The Bertz CT molecular complexity index is 610. The summed E-state index contributed by atoms with van der Waals surface area (Å²) < 4.78 is 2.20. The molecule has 0 amide bonds. The standard InChI is InChI=1S/C16H25N3OS/c1-12-9-19-14(13(2)18-15(19)21-12)8-17-10-16(11-20)6-4-3-5-7-16/h9,17,20H,3-8,10-11H2,1-2H3. The van der Waals surface area contributed by atoms with Crippen molar-refractivity contribution in [2.45, 2.75) is 52.5 Å². The van der Waals surface area contributed by atoms with E-state index in [4.69, 9.17) is 0 Å². The first-order valence-electron chi connectivity index (χ1n) is 7.89. The van der Waals surface area contributed by atoms with Gasteiger partial charge in [-0.3, -0.25) is 4.40 Å². The number of nitrogens with one attached hydrogen (secondary N) is 1. The van der Waals surface area contributed by atoms with Crippen LogP contribution in [-0.4, -0.2) is 27.6 Å². The quantitative estimate of drug-likeness (QED) is 0.892. The van der Waals surface area contributed by atoms with Crippen LogP contribution in [0.3, 0.4) is 0 Å². The highest BCUT2D eigenvalue weighted by molar-refractivity contribution is 7.17. The monoisotopic (exact) mass is 307 g/mol. The zero-order chi connectivity index (χ0) is 14.9. The van der Waals surface area contributed by atoms with Gasteiger partial charge in [-0.1, -0.05) is 19.3 Å². The van der Waals surface area contributed by atoms with Gasteiger partial charge in [0.25, 0.3) is 0 Å². The number of imidazole rings is 1. The Kier molecular flexibility index (Phi) is 4.33. The van der Waals surface area contributed by atoms with Crippen LogP contribution in [0.4, 0.5) is 0 Å². The molecule has 21 heavy (non-hydrogen) atoms. The normalized spacial score (nSPS) is 18.4. The Hall–Kier alpha value is -0.910. The number of aromatic nitrogens is 2. The molecule has 2 heterocycles. The smallest absolute Gasteiger partial charge is 0.194 e. The number of aliphatic hydroxyl groups excluding tert-OH is 1. The van der Waals surface area contributed by atoms with E-state index in [1.165, 1.54) is 29.8 Å². The van der Waals surface area contributed by atoms with Crippen molar-refractivity contribution in [2.24, 2.45) is 5.41 Å². The van der Waals surface area contributed by atoms with Gasteiger partial charge in [0, 0.05) is 36.2 Å². The predicted molar refractivity (Wildman–Crippen MR) is 86.9 cm³/mol. The highest BCUT2D eigenvalue weighted by Crippen LogP contribution is 2.35. The van der Waals surface area contributed by atoms with Crippen LogP contribution >= 0.6 is 11.3 Å². The fourth-order valence-electron chi connectivity index (χ4n) is 3.46. The van der Waals surface area contributed by atoms with E-state index in [1.54, 1.807) is 11.3 Å². The Balaban J connectivity index is 1.67. The van der Waals surface area contributed by atoms with Gasteiger partial charge in [-0.2, -0.15) is 0 Å². The number of rotatable bonds is 5. The minimum absolute atomic E-state index is 0.0977. The fraction of sp³-hybridized carbons (Fsp3) is 0.688. The van der Waals surface area contributed by atoms with Crippen molar-refractivity contribution in [1.82, 2.24) is 14.7 Å². The third-order valence-corrected chi connectivity index (χ3v) is 5.68. The Labute approximate surface area is 130 Å². The molecule has 1 saturated carbocycles. The van der Waals surface area contributed by atoms with E-state index in [9.17, 15) is 5.11 Å². The minimum atomic E-state index is 0.0977. The van der Waals surface area contributed by atoms with Gasteiger partial charge in [0.2, 0.25) is 0 Å². The third-order valence-electron chi connectivity index (χ3n) is 4.78. The summed E-state index contributed by atoms with van der Waals surface area (Å²) in [6, 6.07) is 0. The second-order valence-corrected chi connectivity index (χ2v) is 7.67. The molecule has 116 valence electrons. The van der Waals surface area contributed by atoms with Crippen LogP contribution in [0.2, 0.25) is 0 Å². The molecular formula is C16H25N3OS. The van der Waals surface area contributed by atoms with Gasteiger partial charge < -0.3 is 10.4 Å². The van der Waals surface area contributed by atoms with Gasteiger partial charge >= 0.3 is 0 Å². The van der Waals surface area contributed by atoms with Gasteiger partial charge in [-0.25, -0.2) is 4.98 Å². The van der Waals surface area contributed by atoms with Crippen molar-refractivity contribution in [3.05, 3.63) is 22.5 Å². The molecule has 3 rings (SSSR count). The average Bonchev–Trinajstić information content (AvgIpc) is 2.97. The summed E-state index contributed by atoms with van der Waals surface area (Å²) in [5, 5.41) is 13.3. The molecule has 2 N–H and O–H groups in total. The van der Waals surface area contributed by atoms with Crippen molar-refractivity contribution in [3.8, 4) is 0 Å². The number of aryl methyl sites for hydroxylation is 2. The first-order chi connectivity index (χ1) is 10.1. The number of thiazole rings is 1. The molecule has 2 aromatic rings. The second-order valence-electron chi connectivity index (χ2n) is 6.46. The highest BCUT2D eigenvalue weighted by atomic mass is 32.1. The molecule has 4 nitrogen and oxygen atoms in total. The Morgan fingerprint density at radius 1 is 1.33 bits per heavy atom. The van der Waals surface area contributed by atoms with Crippen LogP contribution in [-0.2, 0) is 6.54 Å². The van der Waals surface area contributed by atoms with Crippen LogP contribution in [0.5, 0.6) is 0 Å². The summed E-state index contributed by atoms with van der Waals surface area (Å²) in [6.45, 7) is 6.23. The molecule has 1 aliphatic rings. The summed E-state index contributed by atoms with van der Waals surface area (Å²) in [7, 11) is 0. The number of nitrogens with zero attached hydrogens (tertiary/aromatic N) is 2. The first kappa shape index (κ1) is 15.0. The molecule has 5 heteroatoms. The van der Waals surface area contributed by atoms with Crippen LogP contribution in [0.25, 0.3) is 4.96 Å². The average molecular weight is 307 g/mol. The van der Waals surface area contributed by atoms with Gasteiger partial charge in [-0.15, -0.1) is 11.3 Å². The summed E-state index contributed by atoms with van der Waals surface area (Å²) in [6.07, 6.45) is 8.28. The zero-order valence-corrected chi connectivity index (χ0v) is 13.8. The van der Waals surface area contributed by atoms with Crippen molar-refractivity contribution < 1.29 is 5.11 Å². The summed E-state index contributed by atoms with van der Waals surface area (Å²) >= 11 is 1.74. The maximum absolute atomic E-state index is 9.77. The molecule has 0 aromatic carbocycles. The molecule has 0 aliphatic heterocycles. The molecule has 1 fully saturated rings. The number of aliphatic hydroxyl groups is 1. The number of hydrogen-bond donors (Lipinski definition) is 2. The van der Waals surface area contributed by atoms with E-state index in [-0.39, 0.29) is 5.41 Å². The maximum Gasteiger partial charge on any atom is 0.194 e. The fourth-order valence-corrected chi connectivity index (χ4v) is 4.35. The molecule has 2 aromatic heterocycles. The van der Waals surface area contributed by atoms with Crippen molar-refractivity contribution in [2.75, 3.05) is 13.2 Å². The van der Waals surface area contributed by atoms with Crippen molar-refractivity contribution in [3.63, 3.8) is 0 Å². The lowest BCUT2D eigenvalue weighted by Gasteiger charge is -2.35. The van der Waals surface area contributed by atoms with Crippen LogP contribution < -0.4 is 5.32 Å². The lowest BCUT2D eigenvalue weighted by Crippen LogP contribution is -2.39. The summed E-state index contributed by atoms with van der Waals surface area (Å²) in [5.74, 6) is 0. The van der Waals surface area contributed by atoms with Gasteiger partial charge in [0.15, 0.2) is 4.96 Å². The van der Waals surface area contributed by atoms with E-state index in [0.717, 1.165) is 36.6 Å². The minimum Gasteiger partial charge on any atom is -0.396 e. The second kappa shape index (κ2) is 6.07. The molecular weight excluding hydrogens is 282 g/mol. The van der Waals surface area contributed by atoms with E-state index in [0.29, 0.717) is 6.61 Å². The van der Waals surface area contributed by atoms with E-state index in [2.05, 4.69) is 34.7 Å².